The van der Waals surface area contributed by atoms with Crippen LogP contribution < -0.4 is 0 Å². The van der Waals surface area contributed by atoms with E-state index in [0.717, 1.165) is 69.6 Å². The van der Waals surface area contributed by atoms with Crippen LogP contribution in [0.2, 0.25) is 0 Å². The first-order valence-corrected chi connectivity index (χ1v) is 34.3. The largest absolute Gasteiger partial charge is 0.462 e. The van der Waals surface area contributed by atoms with Crippen molar-refractivity contribution in [1.29, 1.82) is 0 Å². The molecule has 75 heavy (non-hydrogen) atoms. The maximum atomic E-state index is 12.9. The fourth-order valence-corrected chi connectivity index (χ4v) is 10.8. The second-order valence-corrected chi connectivity index (χ2v) is 24.5. The number of carbonyl (C=O) groups excluding carboxylic acids is 3. The Balaban J connectivity index is 4.27. The molecule has 1 unspecified atom stereocenters. The number of hydrogen-bond donors (Lipinski definition) is 0. The second-order valence-electron chi connectivity index (χ2n) is 24.5. The van der Waals surface area contributed by atoms with Gasteiger partial charge in [0, 0.05) is 19.3 Å². The molecule has 0 aromatic rings. The predicted molar refractivity (Wildman–Crippen MR) is 326 cm³/mol. The molecule has 0 spiro atoms. The number of hydrogen-bond acceptors (Lipinski definition) is 6. The molecule has 0 radical (unpaired) electrons. The number of unbranched alkanes of at least 4 members (excludes halogenated alkanes) is 47. The van der Waals surface area contributed by atoms with Gasteiger partial charge in [-0.25, -0.2) is 0 Å². The minimum absolute atomic E-state index is 0.0614. The normalized spacial score (nSPS) is 12.4. The van der Waals surface area contributed by atoms with Crippen molar-refractivity contribution in [3.8, 4) is 0 Å². The Morgan fingerprint density at radius 2 is 0.507 bits per heavy atom. The molecule has 0 N–H and O–H groups in total. The van der Waals surface area contributed by atoms with E-state index >= 15 is 0 Å². The summed E-state index contributed by atoms with van der Waals surface area (Å²) in [4.78, 5) is 38.4. The fourth-order valence-electron chi connectivity index (χ4n) is 10.8. The molecule has 0 fully saturated rings. The molecule has 446 valence electrons. The van der Waals surface area contributed by atoms with Crippen LogP contribution in [0.1, 0.15) is 394 Å². The van der Waals surface area contributed by atoms with Gasteiger partial charge in [-0.15, -0.1) is 0 Å². The summed E-state index contributed by atoms with van der Waals surface area (Å²) in [5.74, 6) is 0.922. The van der Waals surface area contributed by atoms with Crippen LogP contribution in [0.25, 0.3) is 0 Å². The zero-order chi connectivity index (χ0) is 54.6. The summed E-state index contributed by atoms with van der Waals surface area (Å²) in [6, 6.07) is 0. The topological polar surface area (TPSA) is 78.9 Å². The van der Waals surface area contributed by atoms with Crippen molar-refractivity contribution in [2.45, 2.75) is 400 Å². The molecule has 6 nitrogen and oxygen atoms in total. The van der Waals surface area contributed by atoms with Crippen LogP contribution in [-0.2, 0) is 28.6 Å². The van der Waals surface area contributed by atoms with E-state index in [0.29, 0.717) is 19.3 Å². The Morgan fingerprint density at radius 3 is 0.760 bits per heavy atom. The highest BCUT2D eigenvalue weighted by atomic mass is 16.6. The van der Waals surface area contributed by atoms with Crippen LogP contribution in [0.4, 0.5) is 0 Å². The third-order valence-electron chi connectivity index (χ3n) is 16.3. The standard InChI is InChI=1S/C69H134O6/c1-6-8-9-10-11-12-13-14-15-16-17-21-24-29-34-39-44-49-54-59-67(70)73-62-66(63-74-68(71)60-55-50-45-40-35-31-26-27-32-37-42-47-52-57-64(3)4)75-69(72)61-56-51-46-41-36-30-25-22-19-18-20-23-28-33-38-43-48-53-58-65(5)7-2/h64-66H,6-63H2,1-5H3/t65?,66-/m1/s1. The van der Waals surface area contributed by atoms with Crippen molar-refractivity contribution in [3.05, 3.63) is 0 Å². The summed E-state index contributed by atoms with van der Waals surface area (Å²) in [5, 5.41) is 0. The third-order valence-corrected chi connectivity index (χ3v) is 16.3. The Labute approximate surface area is 469 Å². The monoisotopic (exact) mass is 1060 g/mol. The molecule has 0 aromatic carbocycles. The molecule has 0 aliphatic heterocycles. The Hall–Kier alpha value is -1.59. The Kier molecular flexibility index (Phi) is 60.3. The maximum absolute atomic E-state index is 12.9. The fraction of sp³-hybridized carbons (Fsp3) is 0.957. The number of rotatable bonds is 63. The van der Waals surface area contributed by atoms with Crippen LogP contribution in [0, 0.1) is 11.8 Å². The van der Waals surface area contributed by atoms with Gasteiger partial charge in [0.25, 0.3) is 0 Å². The lowest BCUT2D eigenvalue weighted by Gasteiger charge is -2.18. The molecule has 0 heterocycles. The van der Waals surface area contributed by atoms with Gasteiger partial charge in [0.1, 0.15) is 13.2 Å². The first-order valence-electron chi connectivity index (χ1n) is 34.3. The predicted octanol–water partition coefficient (Wildman–Crippen LogP) is 23.2. The lowest BCUT2D eigenvalue weighted by atomic mass is 9.99. The average molecular weight is 1060 g/mol. The SMILES string of the molecule is CCCCCCCCCCCCCCCCCCCCCC(=O)OC[C@H](COC(=O)CCCCCCCCCCCCCCCC(C)C)OC(=O)CCCCCCCCCCCCCCCCCCCCC(C)CC. The van der Waals surface area contributed by atoms with Crippen LogP contribution in [-0.4, -0.2) is 37.2 Å². The van der Waals surface area contributed by atoms with E-state index in [1.807, 2.05) is 0 Å². The third kappa shape index (κ3) is 61.5. The first kappa shape index (κ1) is 73.4. The van der Waals surface area contributed by atoms with Crippen LogP contribution in [0.3, 0.4) is 0 Å². The lowest BCUT2D eigenvalue weighted by Crippen LogP contribution is -2.30. The molecule has 2 atom stereocenters. The molecule has 0 aromatic heterocycles. The zero-order valence-corrected chi connectivity index (χ0v) is 51.7. The van der Waals surface area contributed by atoms with E-state index < -0.39 is 6.10 Å². The van der Waals surface area contributed by atoms with Crippen molar-refractivity contribution in [2.24, 2.45) is 11.8 Å². The van der Waals surface area contributed by atoms with Gasteiger partial charge in [-0.2, -0.15) is 0 Å². The number of esters is 3. The summed E-state index contributed by atoms with van der Waals surface area (Å²) in [6.07, 6.45) is 69.7. The minimum atomic E-state index is -0.764. The van der Waals surface area contributed by atoms with E-state index in [1.165, 1.54) is 283 Å². The smallest absolute Gasteiger partial charge is 0.306 e. The highest BCUT2D eigenvalue weighted by Crippen LogP contribution is 2.20. The Bertz CT molecular complexity index is 1150. The molecular weight excluding hydrogens is 925 g/mol. The molecule has 0 aliphatic carbocycles. The molecular formula is C69H134O6. The van der Waals surface area contributed by atoms with Crippen molar-refractivity contribution < 1.29 is 28.6 Å². The molecule has 0 saturated heterocycles. The van der Waals surface area contributed by atoms with Crippen LogP contribution in [0.5, 0.6) is 0 Å². The van der Waals surface area contributed by atoms with E-state index in [9.17, 15) is 14.4 Å². The van der Waals surface area contributed by atoms with Gasteiger partial charge in [-0.05, 0) is 31.1 Å². The van der Waals surface area contributed by atoms with Gasteiger partial charge < -0.3 is 14.2 Å². The van der Waals surface area contributed by atoms with E-state index in [-0.39, 0.29) is 31.1 Å². The Morgan fingerprint density at radius 1 is 0.280 bits per heavy atom. The summed E-state index contributed by atoms with van der Waals surface area (Å²) < 4.78 is 17.0. The minimum Gasteiger partial charge on any atom is -0.462 e. The first-order chi connectivity index (χ1) is 36.8. The van der Waals surface area contributed by atoms with E-state index in [4.69, 9.17) is 14.2 Å². The van der Waals surface area contributed by atoms with Gasteiger partial charge in [0.05, 0.1) is 0 Å². The van der Waals surface area contributed by atoms with Crippen molar-refractivity contribution in [3.63, 3.8) is 0 Å². The summed E-state index contributed by atoms with van der Waals surface area (Å²) in [7, 11) is 0. The second kappa shape index (κ2) is 61.6. The molecule has 0 saturated carbocycles. The average Bonchev–Trinajstić information content (AvgIpc) is 3.40. The van der Waals surface area contributed by atoms with Gasteiger partial charge in [0.2, 0.25) is 0 Å². The summed E-state index contributed by atoms with van der Waals surface area (Å²) >= 11 is 0. The van der Waals surface area contributed by atoms with Crippen LogP contribution >= 0.6 is 0 Å². The highest BCUT2D eigenvalue weighted by Gasteiger charge is 2.20. The molecule has 0 aliphatic rings. The number of ether oxygens (including phenoxy) is 3. The van der Waals surface area contributed by atoms with Gasteiger partial charge in [-0.3, -0.25) is 14.4 Å². The maximum Gasteiger partial charge on any atom is 0.306 e. The zero-order valence-electron chi connectivity index (χ0n) is 51.7. The summed E-state index contributed by atoms with van der Waals surface area (Å²) in [6.45, 7) is 11.5. The van der Waals surface area contributed by atoms with Crippen molar-refractivity contribution >= 4 is 17.9 Å². The highest BCUT2D eigenvalue weighted by molar-refractivity contribution is 5.71. The molecule has 0 amide bonds. The van der Waals surface area contributed by atoms with Crippen molar-refractivity contribution in [2.75, 3.05) is 13.2 Å². The van der Waals surface area contributed by atoms with Gasteiger partial charge >= 0.3 is 17.9 Å². The molecule has 0 rings (SSSR count). The lowest BCUT2D eigenvalue weighted by molar-refractivity contribution is -0.167. The van der Waals surface area contributed by atoms with Gasteiger partial charge in [0.15, 0.2) is 6.10 Å². The van der Waals surface area contributed by atoms with Gasteiger partial charge in [-0.1, -0.05) is 356 Å². The summed E-state index contributed by atoms with van der Waals surface area (Å²) in [5.41, 5.74) is 0. The molecule has 6 heteroatoms. The van der Waals surface area contributed by atoms with E-state index in [1.54, 1.807) is 0 Å². The van der Waals surface area contributed by atoms with Crippen LogP contribution in [0.15, 0.2) is 0 Å². The molecule has 0 bridgehead atoms. The van der Waals surface area contributed by atoms with E-state index in [2.05, 4.69) is 34.6 Å². The van der Waals surface area contributed by atoms with Crippen molar-refractivity contribution in [1.82, 2.24) is 0 Å². The quantitative estimate of drug-likeness (QED) is 0.0343. The number of carbonyl (C=O) groups is 3.